The Morgan fingerprint density at radius 1 is 0.861 bits per heavy atom. The zero-order valence-corrected chi connectivity index (χ0v) is 22.3. The lowest BCUT2D eigenvalue weighted by atomic mass is 9.38. The van der Waals surface area contributed by atoms with E-state index < -0.39 is 69.7 Å². The van der Waals surface area contributed by atoms with E-state index in [0.29, 0.717) is 25.7 Å². The van der Waals surface area contributed by atoms with Gasteiger partial charge in [-0.15, -0.1) is 0 Å². The maximum atomic E-state index is 12.4. The quantitative estimate of drug-likeness (QED) is 0.239. The van der Waals surface area contributed by atoms with E-state index in [9.17, 15) is 46.0 Å². The first-order valence-corrected chi connectivity index (χ1v) is 13.7. The zero-order valence-electron chi connectivity index (χ0n) is 22.3. The highest BCUT2D eigenvalue weighted by molar-refractivity contribution is 5.33. The molecule has 9 nitrogen and oxygen atoms in total. The Hall–Kier alpha value is -0.360. The van der Waals surface area contributed by atoms with E-state index in [-0.39, 0.29) is 37.5 Å². The molecule has 4 aliphatic carbocycles. The molecule has 14 atom stereocenters. The average molecular weight is 517 g/mol. The van der Waals surface area contributed by atoms with Gasteiger partial charge in [-0.3, -0.25) is 0 Å². The van der Waals surface area contributed by atoms with Gasteiger partial charge in [-0.2, -0.15) is 0 Å². The number of aliphatic hydroxyl groups excluding tert-OH is 5. The van der Waals surface area contributed by atoms with Gasteiger partial charge in [0.05, 0.1) is 17.8 Å². The molecule has 0 amide bonds. The van der Waals surface area contributed by atoms with Crippen LogP contribution in [0.3, 0.4) is 0 Å². The maximum absolute atomic E-state index is 12.4. The zero-order chi connectivity index (χ0) is 27.3. The van der Waals surface area contributed by atoms with Crippen molar-refractivity contribution in [2.75, 3.05) is 0 Å². The van der Waals surface area contributed by atoms with Crippen molar-refractivity contribution in [1.82, 2.24) is 0 Å². The van der Waals surface area contributed by atoms with Crippen LogP contribution < -0.4 is 0 Å². The van der Waals surface area contributed by atoms with E-state index in [1.165, 1.54) is 0 Å². The van der Waals surface area contributed by atoms with E-state index in [2.05, 4.69) is 0 Å². The molecule has 0 radical (unpaired) electrons. The lowest BCUT2D eigenvalue weighted by Gasteiger charge is -2.72. The second kappa shape index (κ2) is 8.57. The number of hydrogen-bond donors (Lipinski definition) is 9. The average Bonchev–Trinajstić information content (AvgIpc) is 3.04. The second-order valence-corrected chi connectivity index (χ2v) is 13.5. The molecule has 0 aromatic carbocycles. The fourth-order valence-corrected chi connectivity index (χ4v) is 9.26. The molecule has 4 aliphatic rings. The molecule has 210 valence electrons. The Morgan fingerprint density at radius 2 is 1.42 bits per heavy atom. The molecule has 4 saturated carbocycles. The van der Waals surface area contributed by atoms with Gasteiger partial charge in [0, 0.05) is 16.7 Å². The molecule has 0 aromatic heterocycles. The van der Waals surface area contributed by atoms with Crippen molar-refractivity contribution < 1.29 is 46.0 Å². The van der Waals surface area contributed by atoms with E-state index in [1.807, 2.05) is 20.8 Å². The molecule has 0 aliphatic heterocycles. The fourth-order valence-electron chi connectivity index (χ4n) is 9.26. The van der Waals surface area contributed by atoms with Crippen molar-refractivity contribution in [2.45, 2.75) is 139 Å². The van der Waals surface area contributed by atoms with Gasteiger partial charge in [-0.25, -0.2) is 0 Å². The molecule has 0 unspecified atom stereocenters. The normalized spacial score (nSPS) is 57.3. The summed E-state index contributed by atoms with van der Waals surface area (Å²) in [6, 6.07) is 0. The molecule has 0 aromatic rings. The lowest BCUT2D eigenvalue weighted by Crippen LogP contribution is -2.88. The van der Waals surface area contributed by atoms with Crippen LogP contribution in [0.2, 0.25) is 0 Å². The third-order valence-corrected chi connectivity index (χ3v) is 12.0. The summed E-state index contributed by atoms with van der Waals surface area (Å²) in [6.07, 6.45) is -5.69. The third-order valence-electron chi connectivity index (χ3n) is 12.0. The van der Waals surface area contributed by atoms with E-state index in [1.54, 1.807) is 13.8 Å². The van der Waals surface area contributed by atoms with Crippen LogP contribution >= 0.6 is 0 Å². The molecule has 36 heavy (non-hydrogen) atoms. The number of aliphatic hydroxyl groups is 9. The highest BCUT2D eigenvalue weighted by atomic mass is 16.4. The SMILES string of the molecule is CC[C@@](C)(O)CC[C@@H](C)[C@H]1C[C@H](O)[C@@]2(O)[C@]3(O)[C@@H](O)[C@H](O)[C@@]4(O)[C@@H](O)[C@@H](O)CC[C@]4(C)[C@H]3CC[C@]12C. The molecule has 0 spiro atoms. The van der Waals surface area contributed by atoms with Crippen LogP contribution in [0.5, 0.6) is 0 Å². The highest BCUT2D eigenvalue weighted by Gasteiger charge is 2.84. The lowest BCUT2D eigenvalue weighted by molar-refractivity contribution is -0.401. The van der Waals surface area contributed by atoms with Gasteiger partial charge in [-0.1, -0.05) is 27.7 Å². The first-order valence-electron chi connectivity index (χ1n) is 13.7. The number of rotatable bonds is 5. The molecule has 0 saturated heterocycles. The second-order valence-electron chi connectivity index (χ2n) is 13.5. The first-order chi connectivity index (χ1) is 16.4. The molecule has 4 fully saturated rings. The highest BCUT2D eigenvalue weighted by Crippen LogP contribution is 2.72. The molecule has 0 heterocycles. The van der Waals surface area contributed by atoms with Crippen LogP contribution in [0.15, 0.2) is 0 Å². The summed E-state index contributed by atoms with van der Waals surface area (Å²) in [4.78, 5) is 0. The summed E-state index contributed by atoms with van der Waals surface area (Å²) < 4.78 is 0. The van der Waals surface area contributed by atoms with Gasteiger partial charge in [0.25, 0.3) is 0 Å². The van der Waals surface area contributed by atoms with Crippen molar-refractivity contribution in [3.8, 4) is 0 Å². The monoisotopic (exact) mass is 516 g/mol. The minimum absolute atomic E-state index is 0.0123. The fraction of sp³-hybridized carbons (Fsp3) is 1.00. The van der Waals surface area contributed by atoms with Crippen molar-refractivity contribution in [3.63, 3.8) is 0 Å². The topological polar surface area (TPSA) is 182 Å². The Balaban J connectivity index is 1.76. The number of hydrogen-bond acceptors (Lipinski definition) is 9. The van der Waals surface area contributed by atoms with Crippen molar-refractivity contribution >= 4 is 0 Å². The van der Waals surface area contributed by atoms with Crippen molar-refractivity contribution in [1.29, 1.82) is 0 Å². The maximum Gasteiger partial charge on any atom is 0.128 e. The Morgan fingerprint density at radius 3 is 2.00 bits per heavy atom. The van der Waals surface area contributed by atoms with Crippen LogP contribution in [0, 0.1) is 28.6 Å². The van der Waals surface area contributed by atoms with E-state index >= 15 is 0 Å². The van der Waals surface area contributed by atoms with E-state index in [4.69, 9.17) is 0 Å². The predicted octanol–water partition coefficient (Wildman–Crippen LogP) is -0.189. The third kappa shape index (κ3) is 3.21. The summed E-state index contributed by atoms with van der Waals surface area (Å²) in [5.74, 6) is -1.20. The predicted molar refractivity (Wildman–Crippen MR) is 130 cm³/mol. The minimum Gasteiger partial charge on any atom is -0.390 e. The van der Waals surface area contributed by atoms with Crippen molar-refractivity contribution in [3.05, 3.63) is 0 Å². The van der Waals surface area contributed by atoms with Gasteiger partial charge in [-0.05, 0) is 70.1 Å². The first kappa shape index (κ1) is 28.6. The van der Waals surface area contributed by atoms with Crippen LogP contribution in [0.1, 0.15) is 86.0 Å². The van der Waals surface area contributed by atoms with E-state index in [0.717, 1.165) is 0 Å². The Bertz CT molecular complexity index is 853. The smallest absolute Gasteiger partial charge is 0.128 e. The molecule has 0 bridgehead atoms. The van der Waals surface area contributed by atoms with Crippen LogP contribution in [-0.4, -0.2) is 98.9 Å². The van der Waals surface area contributed by atoms with Crippen LogP contribution in [-0.2, 0) is 0 Å². The minimum atomic E-state index is -2.37. The summed E-state index contributed by atoms with van der Waals surface area (Å²) >= 11 is 0. The Labute approximate surface area is 213 Å². The molecular formula is C27H48O9. The van der Waals surface area contributed by atoms with Gasteiger partial charge >= 0.3 is 0 Å². The largest absolute Gasteiger partial charge is 0.390 e. The standard InChI is InChI=1S/C27H48O9/c1-6-22(3,33)10-7-14(2)15-13-18(29)27(36)23(15,4)12-9-17-24(5)11-8-16(28)19(30)26(24,35)21(32)20(31)25(17,27)34/h14-21,28-36H,6-13H2,1-5H3/t14-,15-,16+,17-,18+,19+,20+,21+,22-,23-,24-,25-,26+,27+/m1/s1. The summed E-state index contributed by atoms with van der Waals surface area (Å²) in [5, 5.41) is 102. The number of fused-ring (bicyclic) bond motifs is 5. The van der Waals surface area contributed by atoms with Gasteiger partial charge in [0.1, 0.15) is 35.1 Å². The molecule has 4 rings (SSSR count). The van der Waals surface area contributed by atoms with Crippen LogP contribution in [0.25, 0.3) is 0 Å². The summed E-state index contributed by atoms with van der Waals surface area (Å²) in [6.45, 7) is 9.15. The van der Waals surface area contributed by atoms with Gasteiger partial charge in [0.2, 0.25) is 0 Å². The van der Waals surface area contributed by atoms with Gasteiger partial charge < -0.3 is 46.0 Å². The van der Waals surface area contributed by atoms with Crippen LogP contribution in [0.4, 0.5) is 0 Å². The molecular weight excluding hydrogens is 468 g/mol. The Kier molecular flexibility index (Phi) is 6.82. The molecule has 9 N–H and O–H groups in total. The summed E-state index contributed by atoms with van der Waals surface area (Å²) in [5.41, 5.74) is -10.1. The summed E-state index contributed by atoms with van der Waals surface area (Å²) in [7, 11) is 0. The molecule has 9 heteroatoms. The van der Waals surface area contributed by atoms with Crippen molar-refractivity contribution in [2.24, 2.45) is 28.6 Å². The van der Waals surface area contributed by atoms with Gasteiger partial charge in [0.15, 0.2) is 0 Å².